The first kappa shape index (κ1) is 17.8. The summed E-state index contributed by atoms with van der Waals surface area (Å²) in [7, 11) is 3.14. The van der Waals surface area contributed by atoms with E-state index < -0.39 is 17.7 Å². The van der Waals surface area contributed by atoms with Gasteiger partial charge in [0.15, 0.2) is 0 Å². The minimum absolute atomic E-state index is 0.127. The summed E-state index contributed by atoms with van der Waals surface area (Å²) in [5.41, 5.74) is 0.205. The molecule has 0 aromatic heterocycles. The van der Waals surface area contributed by atoms with Gasteiger partial charge in [0.25, 0.3) is 0 Å². The highest BCUT2D eigenvalue weighted by atomic mass is 16.6. The molecule has 0 saturated carbocycles. The largest absolute Gasteiger partial charge is 0.497 e. The summed E-state index contributed by atoms with van der Waals surface area (Å²) >= 11 is 0. The fourth-order valence-corrected chi connectivity index (χ4v) is 1.83. The molecule has 0 saturated heterocycles. The lowest BCUT2D eigenvalue weighted by Gasteiger charge is -2.23. The van der Waals surface area contributed by atoms with Crippen LogP contribution in [-0.2, 0) is 9.53 Å². The summed E-state index contributed by atoms with van der Waals surface area (Å²) < 4.78 is 10.4. The van der Waals surface area contributed by atoms with E-state index in [0.29, 0.717) is 5.75 Å². The minimum atomic E-state index is -0.596. The molecular formula is C16H24N2O4. The molecule has 0 fully saturated rings. The number of methoxy groups -OCH3 is 1. The lowest BCUT2D eigenvalue weighted by atomic mass is 10.0. The van der Waals surface area contributed by atoms with Crippen LogP contribution >= 0.6 is 0 Å². The standard InChI is InChI=1S/C16H24N2O4/c1-16(2,3)22-15(20)18-13(10-14(19)17-4)11-6-8-12(21-5)9-7-11/h6-9,13H,10H2,1-5H3,(H,17,19)(H,18,20). The molecule has 2 N–H and O–H groups in total. The fourth-order valence-electron chi connectivity index (χ4n) is 1.83. The topological polar surface area (TPSA) is 76.7 Å². The molecule has 0 radical (unpaired) electrons. The van der Waals surface area contributed by atoms with Crippen LogP contribution in [0.25, 0.3) is 0 Å². The summed E-state index contributed by atoms with van der Waals surface area (Å²) in [5, 5.41) is 5.28. The van der Waals surface area contributed by atoms with Gasteiger partial charge in [-0.1, -0.05) is 12.1 Å². The molecule has 0 aliphatic heterocycles. The molecular weight excluding hydrogens is 284 g/mol. The quantitative estimate of drug-likeness (QED) is 0.875. The third-order valence-electron chi connectivity index (χ3n) is 2.88. The number of hydrogen-bond donors (Lipinski definition) is 2. The normalized spacial score (nSPS) is 12.2. The van der Waals surface area contributed by atoms with Crippen molar-refractivity contribution in [3.8, 4) is 5.75 Å². The average molecular weight is 308 g/mol. The van der Waals surface area contributed by atoms with Gasteiger partial charge in [0.2, 0.25) is 5.91 Å². The number of hydrogen-bond acceptors (Lipinski definition) is 4. The minimum Gasteiger partial charge on any atom is -0.497 e. The van der Waals surface area contributed by atoms with E-state index in [1.54, 1.807) is 47.1 Å². The third-order valence-corrected chi connectivity index (χ3v) is 2.88. The predicted octanol–water partition coefficient (Wildman–Crippen LogP) is 2.40. The first-order valence-electron chi connectivity index (χ1n) is 7.09. The van der Waals surface area contributed by atoms with E-state index in [4.69, 9.17) is 9.47 Å². The van der Waals surface area contributed by atoms with E-state index in [0.717, 1.165) is 5.56 Å². The van der Waals surface area contributed by atoms with E-state index in [1.807, 2.05) is 12.1 Å². The molecule has 1 atom stereocenters. The first-order chi connectivity index (χ1) is 10.2. The van der Waals surface area contributed by atoms with E-state index in [9.17, 15) is 9.59 Å². The van der Waals surface area contributed by atoms with Crippen LogP contribution in [0.2, 0.25) is 0 Å². The zero-order valence-electron chi connectivity index (χ0n) is 13.7. The van der Waals surface area contributed by atoms with Crippen LogP contribution in [0.15, 0.2) is 24.3 Å². The molecule has 6 nitrogen and oxygen atoms in total. The lowest BCUT2D eigenvalue weighted by Crippen LogP contribution is -2.37. The van der Waals surface area contributed by atoms with Crippen molar-refractivity contribution >= 4 is 12.0 Å². The summed E-state index contributed by atoms with van der Waals surface area (Å²) in [6.07, 6.45) is -0.431. The smallest absolute Gasteiger partial charge is 0.408 e. The molecule has 0 spiro atoms. The number of nitrogens with one attached hydrogen (secondary N) is 2. The Labute approximate surface area is 131 Å². The monoisotopic (exact) mass is 308 g/mol. The van der Waals surface area contributed by atoms with E-state index in [1.165, 1.54) is 0 Å². The van der Waals surface area contributed by atoms with Gasteiger partial charge in [0, 0.05) is 7.05 Å². The number of benzene rings is 1. The Balaban J connectivity index is 2.87. The average Bonchev–Trinajstić information content (AvgIpc) is 2.44. The van der Waals surface area contributed by atoms with Crippen molar-refractivity contribution in [3.63, 3.8) is 0 Å². The number of amides is 2. The van der Waals surface area contributed by atoms with Gasteiger partial charge in [-0.15, -0.1) is 0 Å². The maximum absolute atomic E-state index is 11.9. The Morgan fingerprint density at radius 1 is 1.18 bits per heavy atom. The second kappa shape index (κ2) is 7.68. The SMILES string of the molecule is CNC(=O)CC(NC(=O)OC(C)(C)C)c1ccc(OC)cc1. The molecule has 6 heteroatoms. The van der Waals surface area contributed by atoms with Crippen molar-refractivity contribution in [1.82, 2.24) is 10.6 Å². The van der Waals surface area contributed by atoms with E-state index >= 15 is 0 Å². The van der Waals surface area contributed by atoms with Crippen LogP contribution in [0, 0.1) is 0 Å². The molecule has 22 heavy (non-hydrogen) atoms. The van der Waals surface area contributed by atoms with Crippen molar-refractivity contribution < 1.29 is 19.1 Å². The van der Waals surface area contributed by atoms with Crippen molar-refractivity contribution in [2.45, 2.75) is 38.8 Å². The lowest BCUT2D eigenvalue weighted by molar-refractivity contribution is -0.121. The molecule has 0 heterocycles. The Hall–Kier alpha value is -2.24. The predicted molar refractivity (Wildman–Crippen MR) is 83.8 cm³/mol. The van der Waals surface area contributed by atoms with Crippen LogP contribution in [-0.4, -0.2) is 31.8 Å². The van der Waals surface area contributed by atoms with Crippen molar-refractivity contribution in [2.24, 2.45) is 0 Å². The van der Waals surface area contributed by atoms with E-state index in [-0.39, 0.29) is 12.3 Å². The van der Waals surface area contributed by atoms with Crippen LogP contribution < -0.4 is 15.4 Å². The molecule has 0 aliphatic carbocycles. The van der Waals surface area contributed by atoms with Crippen LogP contribution in [0.1, 0.15) is 38.8 Å². The van der Waals surface area contributed by atoms with Gasteiger partial charge in [-0.25, -0.2) is 4.79 Å². The summed E-state index contributed by atoms with van der Waals surface area (Å²) in [6, 6.07) is 6.71. The summed E-state index contributed by atoms with van der Waals surface area (Å²) in [4.78, 5) is 23.6. The molecule has 122 valence electrons. The highest BCUT2D eigenvalue weighted by Gasteiger charge is 2.22. The maximum atomic E-state index is 11.9. The molecule has 1 rings (SSSR count). The molecule has 2 amide bonds. The van der Waals surface area contributed by atoms with Crippen LogP contribution in [0.3, 0.4) is 0 Å². The second-order valence-electron chi connectivity index (χ2n) is 5.85. The molecule has 0 aliphatic rings. The van der Waals surface area contributed by atoms with Gasteiger partial charge in [-0.3, -0.25) is 4.79 Å². The van der Waals surface area contributed by atoms with Crippen LogP contribution in [0.4, 0.5) is 4.79 Å². The van der Waals surface area contributed by atoms with Crippen LogP contribution in [0.5, 0.6) is 5.75 Å². The Morgan fingerprint density at radius 3 is 2.23 bits per heavy atom. The van der Waals surface area contributed by atoms with Gasteiger partial charge in [0.1, 0.15) is 11.4 Å². The Morgan fingerprint density at radius 2 is 1.77 bits per heavy atom. The number of rotatable bonds is 5. The number of carbonyl (C=O) groups excluding carboxylic acids is 2. The third kappa shape index (κ3) is 6.03. The zero-order chi connectivity index (χ0) is 16.8. The van der Waals surface area contributed by atoms with Gasteiger partial charge in [0.05, 0.1) is 19.6 Å². The highest BCUT2D eigenvalue weighted by molar-refractivity contribution is 5.77. The molecule has 1 aromatic carbocycles. The number of alkyl carbamates (subject to hydrolysis) is 1. The number of ether oxygens (including phenoxy) is 2. The second-order valence-corrected chi connectivity index (χ2v) is 5.85. The molecule has 1 aromatic rings. The summed E-state index contributed by atoms with van der Waals surface area (Å²) in [6.45, 7) is 5.36. The van der Waals surface area contributed by atoms with Crippen molar-refractivity contribution in [3.05, 3.63) is 29.8 Å². The highest BCUT2D eigenvalue weighted by Crippen LogP contribution is 2.21. The Kier molecular flexibility index (Phi) is 6.22. The van der Waals surface area contributed by atoms with Gasteiger partial charge in [-0.2, -0.15) is 0 Å². The molecule has 0 bridgehead atoms. The van der Waals surface area contributed by atoms with Gasteiger partial charge < -0.3 is 20.1 Å². The Bertz CT molecular complexity index is 506. The fraction of sp³-hybridized carbons (Fsp3) is 0.500. The van der Waals surface area contributed by atoms with Crippen molar-refractivity contribution in [1.29, 1.82) is 0 Å². The van der Waals surface area contributed by atoms with Crippen molar-refractivity contribution in [2.75, 3.05) is 14.2 Å². The first-order valence-corrected chi connectivity index (χ1v) is 7.09. The van der Waals surface area contributed by atoms with E-state index in [2.05, 4.69) is 10.6 Å². The van der Waals surface area contributed by atoms with Gasteiger partial charge in [-0.05, 0) is 38.5 Å². The van der Waals surface area contributed by atoms with Gasteiger partial charge >= 0.3 is 6.09 Å². The number of carbonyl (C=O) groups is 2. The summed E-state index contributed by atoms with van der Waals surface area (Å²) in [5.74, 6) is 0.539. The maximum Gasteiger partial charge on any atom is 0.408 e. The zero-order valence-corrected chi connectivity index (χ0v) is 13.7. The molecule has 1 unspecified atom stereocenters.